The van der Waals surface area contributed by atoms with Gasteiger partial charge in [-0.05, 0) is 26.1 Å². The molecule has 1 amide bonds. The third-order valence-corrected chi connectivity index (χ3v) is 5.31. The van der Waals surface area contributed by atoms with Crippen LogP contribution in [0.25, 0.3) is 11.0 Å². The molecule has 3 aromatic rings. The van der Waals surface area contributed by atoms with Gasteiger partial charge in [-0.1, -0.05) is 12.1 Å². The van der Waals surface area contributed by atoms with E-state index in [2.05, 4.69) is 27.2 Å². The molecule has 0 radical (unpaired) electrons. The molecule has 1 aromatic carbocycles. The van der Waals surface area contributed by atoms with E-state index in [-0.39, 0.29) is 12.5 Å². The summed E-state index contributed by atoms with van der Waals surface area (Å²) in [5, 5.41) is 3.64. The Balaban J connectivity index is 1.52. The van der Waals surface area contributed by atoms with Crippen LogP contribution < -0.4 is 5.32 Å². The second-order valence-corrected chi connectivity index (χ2v) is 7.24. The molecule has 124 valence electrons. The highest BCUT2D eigenvalue weighted by molar-refractivity contribution is 7.15. The SMILES string of the molecule is Cc1nc2ccccc2n1CC(=O)Nc1nc2c(s1)CN(C)CC2. The first-order chi connectivity index (χ1) is 11.6. The van der Waals surface area contributed by atoms with Gasteiger partial charge in [0.15, 0.2) is 5.13 Å². The maximum absolute atomic E-state index is 12.4. The number of nitrogens with zero attached hydrogens (tertiary/aromatic N) is 4. The summed E-state index contributed by atoms with van der Waals surface area (Å²) in [6, 6.07) is 7.86. The van der Waals surface area contributed by atoms with Gasteiger partial charge in [-0.3, -0.25) is 4.79 Å². The molecule has 0 saturated carbocycles. The molecule has 3 heterocycles. The van der Waals surface area contributed by atoms with Crippen LogP contribution in [-0.4, -0.2) is 38.9 Å². The van der Waals surface area contributed by atoms with Gasteiger partial charge in [-0.25, -0.2) is 9.97 Å². The van der Waals surface area contributed by atoms with Crippen molar-refractivity contribution in [2.75, 3.05) is 18.9 Å². The summed E-state index contributed by atoms with van der Waals surface area (Å²) in [6.07, 6.45) is 0.948. The van der Waals surface area contributed by atoms with Gasteiger partial charge in [0.1, 0.15) is 12.4 Å². The second-order valence-electron chi connectivity index (χ2n) is 6.16. The van der Waals surface area contributed by atoms with E-state index in [0.717, 1.165) is 42.1 Å². The highest BCUT2D eigenvalue weighted by atomic mass is 32.1. The number of para-hydroxylation sites is 2. The molecule has 0 aliphatic carbocycles. The van der Waals surface area contributed by atoms with Crippen LogP contribution in [0, 0.1) is 6.92 Å². The molecule has 1 N–H and O–H groups in total. The lowest BCUT2D eigenvalue weighted by molar-refractivity contribution is -0.116. The Labute approximate surface area is 144 Å². The molecule has 0 bridgehead atoms. The lowest BCUT2D eigenvalue weighted by Crippen LogP contribution is -2.25. The van der Waals surface area contributed by atoms with Crippen LogP contribution in [0.3, 0.4) is 0 Å². The summed E-state index contributed by atoms with van der Waals surface area (Å²) in [7, 11) is 2.11. The van der Waals surface area contributed by atoms with Crippen molar-refractivity contribution in [2.45, 2.75) is 26.4 Å². The van der Waals surface area contributed by atoms with Gasteiger partial charge in [-0.2, -0.15) is 0 Å². The Hall–Kier alpha value is -2.25. The summed E-state index contributed by atoms with van der Waals surface area (Å²) < 4.78 is 1.94. The third-order valence-electron chi connectivity index (χ3n) is 4.32. The van der Waals surface area contributed by atoms with Crippen LogP contribution in [-0.2, 0) is 24.3 Å². The van der Waals surface area contributed by atoms with E-state index in [1.165, 1.54) is 4.88 Å². The summed E-state index contributed by atoms with van der Waals surface area (Å²) in [5.74, 6) is 0.770. The molecular weight excluding hydrogens is 322 g/mol. The Kier molecular flexibility index (Phi) is 3.82. The van der Waals surface area contributed by atoms with Crippen LogP contribution in [0.2, 0.25) is 0 Å². The van der Waals surface area contributed by atoms with Crippen LogP contribution in [0.4, 0.5) is 5.13 Å². The van der Waals surface area contributed by atoms with Crippen molar-refractivity contribution in [3.8, 4) is 0 Å². The van der Waals surface area contributed by atoms with Crippen molar-refractivity contribution in [3.63, 3.8) is 0 Å². The zero-order valence-corrected chi connectivity index (χ0v) is 14.6. The van der Waals surface area contributed by atoms with E-state index < -0.39 is 0 Å². The van der Waals surface area contributed by atoms with E-state index in [1.807, 2.05) is 35.8 Å². The smallest absolute Gasteiger partial charge is 0.246 e. The molecule has 4 rings (SSSR count). The standard InChI is InChI=1S/C17H19N5OS/c1-11-18-12-5-3-4-6-14(12)22(11)10-16(23)20-17-19-13-7-8-21(2)9-15(13)24-17/h3-6H,7-10H2,1-2H3,(H,19,20,23). The third kappa shape index (κ3) is 2.81. The number of benzene rings is 1. The number of carbonyl (C=O) groups excluding carboxylic acids is 1. The number of likely N-dealkylation sites (N-methyl/N-ethyl adjacent to an activating group) is 1. The molecule has 0 spiro atoms. The molecule has 24 heavy (non-hydrogen) atoms. The Morgan fingerprint density at radius 1 is 1.33 bits per heavy atom. The number of carbonyl (C=O) groups is 1. The van der Waals surface area contributed by atoms with Crippen LogP contribution in [0.5, 0.6) is 0 Å². The van der Waals surface area contributed by atoms with Crippen LogP contribution in [0.1, 0.15) is 16.4 Å². The molecule has 7 heteroatoms. The molecule has 2 aromatic heterocycles. The summed E-state index contributed by atoms with van der Waals surface area (Å²) in [5.41, 5.74) is 3.01. The molecule has 6 nitrogen and oxygen atoms in total. The van der Waals surface area contributed by atoms with Crippen LogP contribution >= 0.6 is 11.3 Å². The molecule has 0 unspecified atom stereocenters. The van der Waals surface area contributed by atoms with Crippen molar-refractivity contribution in [2.24, 2.45) is 0 Å². The first-order valence-electron chi connectivity index (χ1n) is 7.99. The van der Waals surface area contributed by atoms with E-state index in [1.54, 1.807) is 11.3 Å². The monoisotopic (exact) mass is 341 g/mol. The number of imidazole rings is 1. The molecule has 1 aliphatic rings. The minimum Gasteiger partial charge on any atom is -0.319 e. The first kappa shape index (κ1) is 15.3. The average molecular weight is 341 g/mol. The van der Waals surface area contributed by atoms with Crippen molar-refractivity contribution in [3.05, 3.63) is 40.7 Å². The fourth-order valence-electron chi connectivity index (χ4n) is 3.07. The Bertz CT molecular complexity index is 913. The lowest BCUT2D eigenvalue weighted by atomic mass is 10.2. The highest BCUT2D eigenvalue weighted by Gasteiger charge is 2.19. The van der Waals surface area contributed by atoms with Gasteiger partial charge in [0.2, 0.25) is 5.91 Å². The number of hydrogen-bond donors (Lipinski definition) is 1. The molecule has 0 fully saturated rings. The molecule has 0 atom stereocenters. The van der Waals surface area contributed by atoms with E-state index in [9.17, 15) is 4.79 Å². The largest absolute Gasteiger partial charge is 0.319 e. The zero-order chi connectivity index (χ0) is 16.7. The van der Waals surface area contributed by atoms with E-state index >= 15 is 0 Å². The predicted octanol–water partition coefficient (Wildman–Crippen LogP) is 2.43. The summed E-state index contributed by atoms with van der Waals surface area (Å²) in [4.78, 5) is 25.0. The van der Waals surface area contributed by atoms with E-state index in [0.29, 0.717) is 5.13 Å². The van der Waals surface area contributed by atoms with Gasteiger partial charge in [0.25, 0.3) is 0 Å². The number of anilines is 1. The minimum atomic E-state index is -0.0688. The Morgan fingerprint density at radius 2 is 2.17 bits per heavy atom. The molecular formula is C17H19N5OS. The van der Waals surface area contributed by atoms with Crippen molar-refractivity contribution in [1.82, 2.24) is 19.4 Å². The van der Waals surface area contributed by atoms with Crippen molar-refractivity contribution < 1.29 is 4.79 Å². The minimum absolute atomic E-state index is 0.0688. The summed E-state index contributed by atoms with van der Waals surface area (Å²) in [6.45, 7) is 4.10. The topological polar surface area (TPSA) is 63.1 Å². The van der Waals surface area contributed by atoms with Crippen molar-refractivity contribution >= 4 is 33.4 Å². The first-order valence-corrected chi connectivity index (χ1v) is 8.80. The average Bonchev–Trinajstić information content (AvgIpc) is 3.07. The zero-order valence-electron chi connectivity index (χ0n) is 13.7. The van der Waals surface area contributed by atoms with Gasteiger partial charge in [-0.15, -0.1) is 11.3 Å². The number of aromatic nitrogens is 3. The van der Waals surface area contributed by atoms with Crippen LogP contribution in [0.15, 0.2) is 24.3 Å². The number of rotatable bonds is 3. The quantitative estimate of drug-likeness (QED) is 0.795. The predicted molar refractivity (Wildman–Crippen MR) is 95.3 cm³/mol. The number of amides is 1. The second kappa shape index (κ2) is 5.99. The number of thiazole rings is 1. The van der Waals surface area contributed by atoms with Gasteiger partial charge >= 0.3 is 0 Å². The number of nitrogens with one attached hydrogen (secondary N) is 1. The number of fused-ring (bicyclic) bond motifs is 2. The molecule has 1 aliphatic heterocycles. The van der Waals surface area contributed by atoms with Gasteiger partial charge in [0, 0.05) is 24.4 Å². The summed E-state index contributed by atoms with van der Waals surface area (Å²) >= 11 is 1.58. The fraction of sp³-hybridized carbons (Fsp3) is 0.353. The van der Waals surface area contributed by atoms with Gasteiger partial charge < -0.3 is 14.8 Å². The van der Waals surface area contributed by atoms with E-state index in [4.69, 9.17) is 0 Å². The number of aryl methyl sites for hydroxylation is 1. The fourth-order valence-corrected chi connectivity index (χ4v) is 4.18. The van der Waals surface area contributed by atoms with Crippen molar-refractivity contribution in [1.29, 1.82) is 0 Å². The maximum Gasteiger partial charge on any atom is 0.246 e. The molecule has 0 saturated heterocycles. The maximum atomic E-state index is 12.4. The highest BCUT2D eigenvalue weighted by Crippen LogP contribution is 2.27. The lowest BCUT2D eigenvalue weighted by Gasteiger charge is -2.20. The number of hydrogen-bond acceptors (Lipinski definition) is 5. The Morgan fingerprint density at radius 3 is 3.04 bits per heavy atom. The normalized spacial score (nSPS) is 14.8. The van der Waals surface area contributed by atoms with Gasteiger partial charge in [0.05, 0.1) is 16.7 Å².